The number of likely N-dealkylation sites (N-methyl/N-ethyl adjacent to an activating group) is 1. The number of hydrogen-bond donors (Lipinski definition) is 0. The van der Waals surface area contributed by atoms with Gasteiger partial charge in [-0.25, -0.2) is 4.98 Å². The molecule has 0 saturated heterocycles. The molecule has 0 radical (unpaired) electrons. The van der Waals surface area contributed by atoms with Gasteiger partial charge in [0.15, 0.2) is 0 Å². The molecule has 5 heteroatoms. The molecule has 1 atom stereocenters. The van der Waals surface area contributed by atoms with E-state index in [1.54, 1.807) is 4.90 Å². The largest absolute Gasteiger partial charge is 0.441 e. The summed E-state index contributed by atoms with van der Waals surface area (Å²) in [7, 11) is 1.86. The molecule has 1 aromatic carbocycles. The summed E-state index contributed by atoms with van der Waals surface area (Å²) in [5.41, 5.74) is 1.64. The lowest BCUT2D eigenvalue weighted by Gasteiger charge is -2.24. The maximum Gasteiger partial charge on any atom is 0.228 e. The maximum absolute atomic E-state index is 12.5. The van der Waals surface area contributed by atoms with Crippen molar-refractivity contribution in [3.05, 3.63) is 41.8 Å². The van der Waals surface area contributed by atoms with Crippen LogP contribution >= 0.6 is 11.8 Å². The molecule has 1 heterocycles. The van der Waals surface area contributed by atoms with E-state index in [9.17, 15) is 4.79 Å². The van der Waals surface area contributed by atoms with Crippen LogP contribution in [0, 0.1) is 6.92 Å². The molecule has 0 fully saturated rings. The first-order chi connectivity index (χ1) is 11.0. The Morgan fingerprint density at radius 3 is 2.70 bits per heavy atom. The average Bonchev–Trinajstić information content (AvgIpc) is 2.93. The summed E-state index contributed by atoms with van der Waals surface area (Å²) >= 11 is 1.84. The van der Waals surface area contributed by atoms with Crippen molar-refractivity contribution in [3.63, 3.8) is 0 Å². The van der Waals surface area contributed by atoms with E-state index in [4.69, 9.17) is 4.42 Å². The van der Waals surface area contributed by atoms with Gasteiger partial charge in [0.2, 0.25) is 11.8 Å². The highest BCUT2D eigenvalue weighted by Crippen LogP contribution is 2.22. The Morgan fingerprint density at radius 1 is 1.35 bits per heavy atom. The van der Waals surface area contributed by atoms with E-state index in [-0.39, 0.29) is 18.4 Å². The second-order valence-electron chi connectivity index (χ2n) is 5.58. The molecule has 0 N–H and O–H groups in total. The Hall–Kier alpha value is -1.75. The summed E-state index contributed by atoms with van der Waals surface area (Å²) in [6, 6.07) is 9.96. The molecule has 2 rings (SSSR count). The minimum atomic E-state index is 0.0743. The first-order valence-electron chi connectivity index (χ1n) is 7.88. The molecule has 1 aromatic heterocycles. The lowest BCUT2D eigenvalue weighted by Crippen LogP contribution is -2.37. The van der Waals surface area contributed by atoms with Crippen molar-refractivity contribution in [3.8, 4) is 11.5 Å². The highest BCUT2D eigenvalue weighted by atomic mass is 32.2. The van der Waals surface area contributed by atoms with Gasteiger partial charge in [0.05, 0.1) is 12.1 Å². The molecule has 124 valence electrons. The zero-order valence-corrected chi connectivity index (χ0v) is 15.0. The van der Waals surface area contributed by atoms with Gasteiger partial charge in [-0.2, -0.15) is 11.8 Å². The molecule has 0 bridgehead atoms. The molecule has 0 unspecified atom stereocenters. The van der Waals surface area contributed by atoms with Crippen molar-refractivity contribution < 1.29 is 9.21 Å². The van der Waals surface area contributed by atoms with Crippen molar-refractivity contribution in [1.82, 2.24) is 9.88 Å². The minimum Gasteiger partial charge on any atom is -0.441 e. The zero-order valence-electron chi connectivity index (χ0n) is 14.2. The predicted octanol–water partition coefficient (Wildman–Crippen LogP) is 3.79. The van der Waals surface area contributed by atoms with Crippen molar-refractivity contribution in [2.75, 3.05) is 18.6 Å². The van der Waals surface area contributed by atoms with Gasteiger partial charge in [-0.05, 0) is 31.7 Å². The third-order valence-electron chi connectivity index (χ3n) is 3.85. The highest BCUT2D eigenvalue weighted by Gasteiger charge is 2.20. The van der Waals surface area contributed by atoms with E-state index >= 15 is 0 Å². The van der Waals surface area contributed by atoms with Gasteiger partial charge in [0, 0.05) is 24.4 Å². The standard InChI is InChI=1S/C18H24N2O2S/c1-5-23-12-13(2)20(4)17(21)11-16-14(3)22-18(19-16)15-9-7-6-8-10-15/h6-10,13H,5,11-12H2,1-4H3/t13-/m0/s1. The van der Waals surface area contributed by atoms with E-state index in [0.29, 0.717) is 11.7 Å². The number of amides is 1. The number of thioether (sulfide) groups is 1. The fraction of sp³-hybridized carbons (Fsp3) is 0.444. The molecule has 0 aliphatic heterocycles. The SMILES string of the molecule is CCSC[C@H](C)N(C)C(=O)Cc1nc(-c2ccccc2)oc1C. The van der Waals surface area contributed by atoms with Crippen molar-refractivity contribution in [1.29, 1.82) is 0 Å². The van der Waals surface area contributed by atoms with Gasteiger partial charge in [0.25, 0.3) is 0 Å². The second kappa shape index (κ2) is 8.20. The Bertz CT molecular complexity index is 640. The van der Waals surface area contributed by atoms with E-state index in [1.807, 2.05) is 56.1 Å². The molecular formula is C18H24N2O2S. The second-order valence-corrected chi connectivity index (χ2v) is 6.90. The summed E-state index contributed by atoms with van der Waals surface area (Å²) in [4.78, 5) is 18.8. The fourth-order valence-electron chi connectivity index (χ4n) is 2.21. The van der Waals surface area contributed by atoms with Gasteiger partial charge in [-0.3, -0.25) is 4.79 Å². The molecule has 0 saturated carbocycles. The van der Waals surface area contributed by atoms with Crippen LogP contribution in [0.5, 0.6) is 0 Å². The molecule has 2 aromatic rings. The molecule has 23 heavy (non-hydrogen) atoms. The Kier molecular flexibility index (Phi) is 6.28. The fourth-order valence-corrected chi connectivity index (χ4v) is 3.01. The lowest BCUT2D eigenvalue weighted by atomic mass is 10.2. The monoisotopic (exact) mass is 332 g/mol. The molecule has 4 nitrogen and oxygen atoms in total. The minimum absolute atomic E-state index is 0.0743. The normalized spacial score (nSPS) is 12.2. The van der Waals surface area contributed by atoms with Crippen LogP contribution in [0.4, 0.5) is 0 Å². The summed E-state index contributed by atoms with van der Waals surface area (Å²) in [5.74, 6) is 3.37. The molecular weight excluding hydrogens is 308 g/mol. The van der Waals surface area contributed by atoms with E-state index in [1.165, 1.54) is 0 Å². The van der Waals surface area contributed by atoms with Crippen LogP contribution in [0.25, 0.3) is 11.5 Å². The smallest absolute Gasteiger partial charge is 0.228 e. The summed E-state index contributed by atoms with van der Waals surface area (Å²) in [5, 5.41) is 0. The third kappa shape index (κ3) is 4.61. The van der Waals surface area contributed by atoms with Crippen LogP contribution in [-0.4, -0.2) is 40.4 Å². The molecule has 0 spiro atoms. The lowest BCUT2D eigenvalue weighted by molar-refractivity contribution is -0.130. The summed E-state index contributed by atoms with van der Waals surface area (Å²) in [6.45, 7) is 6.06. The number of nitrogens with zero attached hydrogens (tertiary/aromatic N) is 2. The Balaban J connectivity index is 2.05. The van der Waals surface area contributed by atoms with Crippen molar-refractivity contribution in [2.45, 2.75) is 33.2 Å². The average molecular weight is 332 g/mol. The highest BCUT2D eigenvalue weighted by molar-refractivity contribution is 7.99. The molecule has 1 amide bonds. The van der Waals surface area contributed by atoms with Crippen LogP contribution in [0.3, 0.4) is 0 Å². The first kappa shape index (κ1) is 17.6. The van der Waals surface area contributed by atoms with Crippen molar-refractivity contribution in [2.24, 2.45) is 0 Å². The van der Waals surface area contributed by atoms with E-state index in [0.717, 1.165) is 22.8 Å². The third-order valence-corrected chi connectivity index (χ3v) is 4.98. The number of rotatable bonds is 7. The van der Waals surface area contributed by atoms with Gasteiger partial charge >= 0.3 is 0 Å². The van der Waals surface area contributed by atoms with Gasteiger partial charge in [0.1, 0.15) is 5.76 Å². The number of hydrogen-bond acceptors (Lipinski definition) is 4. The molecule has 0 aliphatic carbocycles. The topological polar surface area (TPSA) is 46.3 Å². The number of carbonyl (C=O) groups is 1. The molecule has 0 aliphatic rings. The van der Waals surface area contributed by atoms with Crippen LogP contribution in [0.1, 0.15) is 25.3 Å². The number of oxazole rings is 1. The van der Waals surface area contributed by atoms with Gasteiger partial charge < -0.3 is 9.32 Å². The van der Waals surface area contributed by atoms with Gasteiger partial charge in [-0.15, -0.1) is 0 Å². The van der Waals surface area contributed by atoms with Crippen LogP contribution in [-0.2, 0) is 11.2 Å². The Labute approximate surface area is 142 Å². The summed E-state index contributed by atoms with van der Waals surface area (Å²) < 4.78 is 5.72. The van der Waals surface area contributed by atoms with Gasteiger partial charge in [-0.1, -0.05) is 25.1 Å². The van der Waals surface area contributed by atoms with Crippen LogP contribution in [0.2, 0.25) is 0 Å². The zero-order chi connectivity index (χ0) is 16.8. The van der Waals surface area contributed by atoms with Crippen LogP contribution < -0.4 is 0 Å². The number of aryl methyl sites for hydroxylation is 1. The van der Waals surface area contributed by atoms with E-state index < -0.39 is 0 Å². The number of carbonyl (C=O) groups excluding carboxylic acids is 1. The van der Waals surface area contributed by atoms with E-state index in [2.05, 4.69) is 18.8 Å². The quantitative estimate of drug-likeness (QED) is 0.774. The first-order valence-corrected chi connectivity index (χ1v) is 9.03. The predicted molar refractivity (Wildman–Crippen MR) is 95.6 cm³/mol. The number of benzene rings is 1. The van der Waals surface area contributed by atoms with Crippen molar-refractivity contribution >= 4 is 17.7 Å². The number of aromatic nitrogens is 1. The maximum atomic E-state index is 12.5. The summed E-state index contributed by atoms with van der Waals surface area (Å²) in [6.07, 6.45) is 0.278. The van der Waals surface area contributed by atoms with Crippen LogP contribution in [0.15, 0.2) is 34.7 Å². The Morgan fingerprint density at radius 2 is 2.04 bits per heavy atom.